The largest absolute Gasteiger partial charge is 0.467 e. The molecule has 6 nitrogen and oxygen atoms in total. The van der Waals surface area contributed by atoms with Crippen molar-refractivity contribution in [1.82, 2.24) is 4.98 Å². The quantitative estimate of drug-likeness (QED) is 0.447. The first-order valence-electron chi connectivity index (χ1n) is 8.93. The smallest absolute Gasteiger partial charge is 0.233 e. The Bertz CT molecular complexity index is 1190. The molecule has 29 heavy (non-hydrogen) atoms. The molecule has 0 spiro atoms. The van der Waals surface area contributed by atoms with E-state index >= 15 is 0 Å². The number of aromatic nitrogens is 1. The van der Waals surface area contributed by atoms with Gasteiger partial charge in [-0.15, -0.1) is 0 Å². The Labute approximate surface area is 175 Å². The van der Waals surface area contributed by atoms with Gasteiger partial charge < -0.3 is 13.9 Å². The molecule has 0 saturated carbocycles. The monoisotopic (exact) mass is 426 g/mol. The Hall–Kier alpha value is -3.03. The van der Waals surface area contributed by atoms with E-state index in [4.69, 9.17) is 25.5 Å². The molecule has 2 aromatic heterocycles. The van der Waals surface area contributed by atoms with Crippen LogP contribution in [-0.2, 0) is 17.8 Å². The second kappa shape index (κ2) is 7.42. The summed E-state index contributed by atoms with van der Waals surface area (Å²) in [7, 11) is 0. The molecular formula is C21H15ClN2O4S. The number of nitrogens with zero attached hydrogens (tertiary/aromatic N) is 2. The minimum absolute atomic E-state index is 0.0922. The number of hydrogen-bond acceptors (Lipinski definition) is 6. The average molecular weight is 427 g/mol. The fourth-order valence-electron chi connectivity index (χ4n) is 3.14. The topological polar surface area (TPSA) is 64.8 Å². The highest BCUT2D eigenvalue weighted by Crippen LogP contribution is 2.34. The van der Waals surface area contributed by atoms with Crippen molar-refractivity contribution in [2.75, 3.05) is 11.7 Å². The minimum atomic E-state index is -0.0922. The van der Waals surface area contributed by atoms with Gasteiger partial charge in [0.05, 0.1) is 29.4 Å². The van der Waals surface area contributed by atoms with Gasteiger partial charge in [0.1, 0.15) is 5.76 Å². The molecular weight excluding hydrogens is 412 g/mol. The first kappa shape index (κ1) is 18.0. The normalized spacial score (nSPS) is 12.4. The van der Waals surface area contributed by atoms with Crippen molar-refractivity contribution >= 4 is 44.2 Å². The number of ether oxygens (including phenoxy) is 2. The highest BCUT2D eigenvalue weighted by atomic mass is 35.5. The second-order valence-electron chi connectivity index (χ2n) is 6.53. The Morgan fingerprint density at radius 2 is 2.03 bits per heavy atom. The summed E-state index contributed by atoms with van der Waals surface area (Å²) in [5, 5.41) is 1.24. The van der Waals surface area contributed by atoms with Gasteiger partial charge in [-0.3, -0.25) is 9.69 Å². The molecule has 2 aromatic carbocycles. The SMILES string of the molecule is O=C(Cc1ccc2c(c1)OCO2)N(Cc1ccco1)c1nc2ccc(Cl)cc2s1. The van der Waals surface area contributed by atoms with Gasteiger partial charge in [0, 0.05) is 5.02 Å². The predicted molar refractivity (Wildman–Crippen MR) is 111 cm³/mol. The van der Waals surface area contributed by atoms with Crippen LogP contribution in [0.15, 0.2) is 59.2 Å². The van der Waals surface area contributed by atoms with E-state index in [1.807, 2.05) is 36.4 Å². The molecule has 3 heterocycles. The van der Waals surface area contributed by atoms with E-state index in [0.29, 0.717) is 34.0 Å². The fourth-order valence-corrected chi connectivity index (χ4v) is 4.40. The van der Waals surface area contributed by atoms with Gasteiger partial charge >= 0.3 is 0 Å². The van der Waals surface area contributed by atoms with Gasteiger partial charge in [0.25, 0.3) is 0 Å². The molecule has 1 aliphatic heterocycles. The third-order valence-electron chi connectivity index (χ3n) is 4.56. The number of anilines is 1. The van der Waals surface area contributed by atoms with E-state index in [1.165, 1.54) is 11.3 Å². The van der Waals surface area contributed by atoms with Gasteiger partial charge in [0.2, 0.25) is 12.7 Å². The number of benzene rings is 2. The lowest BCUT2D eigenvalue weighted by atomic mass is 10.1. The van der Waals surface area contributed by atoms with Crippen LogP contribution >= 0.6 is 22.9 Å². The second-order valence-corrected chi connectivity index (χ2v) is 7.98. The van der Waals surface area contributed by atoms with Crippen LogP contribution in [0.2, 0.25) is 5.02 Å². The zero-order chi connectivity index (χ0) is 19.8. The van der Waals surface area contributed by atoms with Gasteiger partial charge in [-0.1, -0.05) is 29.0 Å². The van der Waals surface area contributed by atoms with Crippen molar-refractivity contribution in [2.24, 2.45) is 0 Å². The number of fused-ring (bicyclic) bond motifs is 2. The van der Waals surface area contributed by atoms with E-state index in [9.17, 15) is 4.79 Å². The molecule has 0 bridgehead atoms. The van der Waals surface area contributed by atoms with E-state index < -0.39 is 0 Å². The van der Waals surface area contributed by atoms with Gasteiger partial charge in [0.15, 0.2) is 16.6 Å². The van der Waals surface area contributed by atoms with Crippen LogP contribution in [-0.4, -0.2) is 17.7 Å². The van der Waals surface area contributed by atoms with Crippen LogP contribution in [0.5, 0.6) is 11.5 Å². The summed E-state index contributed by atoms with van der Waals surface area (Å²) in [6, 6.07) is 14.7. The highest BCUT2D eigenvalue weighted by molar-refractivity contribution is 7.22. The summed E-state index contributed by atoms with van der Waals surface area (Å²) >= 11 is 7.52. The Morgan fingerprint density at radius 3 is 2.90 bits per heavy atom. The third-order valence-corrected chi connectivity index (χ3v) is 5.83. The van der Waals surface area contributed by atoms with E-state index in [0.717, 1.165) is 15.8 Å². The summed E-state index contributed by atoms with van der Waals surface area (Å²) in [6.45, 7) is 0.496. The number of amides is 1. The van der Waals surface area contributed by atoms with Crippen LogP contribution in [0.3, 0.4) is 0 Å². The standard InChI is InChI=1S/C21H15ClN2O4S/c22-14-4-5-16-19(10-14)29-21(23-16)24(11-15-2-1-7-26-15)20(25)9-13-3-6-17-18(8-13)28-12-27-17/h1-8,10H,9,11-12H2. The van der Waals surface area contributed by atoms with E-state index in [2.05, 4.69) is 4.98 Å². The molecule has 0 N–H and O–H groups in total. The maximum Gasteiger partial charge on any atom is 0.233 e. The molecule has 0 unspecified atom stereocenters. The Kier molecular flexibility index (Phi) is 4.61. The number of carbonyl (C=O) groups is 1. The van der Waals surface area contributed by atoms with E-state index in [1.54, 1.807) is 23.3 Å². The van der Waals surface area contributed by atoms with Crippen molar-refractivity contribution in [3.8, 4) is 11.5 Å². The first-order chi connectivity index (χ1) is 14.2. The molecule has 0 radical (unpaired) electrons. The molecule has 1 amide bonds. The van der Waals surface area contributed by atoms with Crippen molar-refractivity contribution in [1.29, 1.82) is 0 Å². The number of rotatable bonds is 5. The lowest BCUT2D eigenvalue weighted by molar-refractivity contribution is -0.118. The Balaban J connectivity index is 1.46. The zero-order valence-electron chi connectivity index (χ0n) is 15.1. The number of halogens is 1. The van der Waals surface area contributed by atoms with Crippen LogP contribution in [0.1, 0.15) is 11.3 Å². The highest BCUT2D eigenvalue weighted by Gasteiger charge is 2.23. The van der Waals surface area contributed by atoms with Crippen molar-refractivity contribution < 1.29 is 18.7 Å². The minimum Gasteiger partial charge on any atom is -0.467 e. The molecule has 0 saturated heterocycles. The number of hydrogen-bond donors (Lipinski definition) is 0. The average Bonchev–Trinajstić information content (AvgIpc) is 3.45. The maximum absolute atomic E-state index is 13.2. The first-order valence-corrected chi connectivity index (χ1v) is 10.1. The van der Waals surface area contributed by atoms with Crippen LogP contribution in [0.25, 0.3) is 10.2 Å². The summed E-state index contributed by atoms with van der Waals surface area (Å²) in [5.74, 6) is 1.94. The lowest BCUT2D eigenvalue weighted by Crippen LogP contribution is -2.31. The van der Waals surface area contributed by atoms with Gasteiger partial charge in [-0.25, -0.2) is 4.98 Å². The molecule has 0 aliphatic carbocycles. The molecule has 1 aliphatic rings. The molecule has 0 atom stereocenters. The summed E-state index contributed by atoms with van der Waals surface area (Å²) in [6.07, 6.45) is 1.79. The van der Waals surface area contributed by atoms with Gasteiger partial charge in [-0.05, 0) is 48.0 Å². The zero-order valence-corrected chi connectivity index (χ0v) is 16.7. The lowest BCUT2D eigenvalue weighted by Gasteiger charge is -2.19. The van der Waals surface area contributed by atoms with Crippen LogP contribution in [0, 0.1) is 0 Å². The van der Waals surface area contributed by atoms with Crippen molar-refractivity contribution in [3.63, 3.8) is 0 Å². The van der Waals surface area contributed by atoms with Crippen molar-refractivity contribution in [3.05, 3.63) is 71.1 Å². The molecule has 146 valence electrons. The number of furan rings is 1. The summed E-state index contributed by atoms with van der Waals surface area (Å²) < 4.78 is 17.1. The van der Waals surface area contributed by atoms with E-state index in [-0.39, 0.29) is 19.1 Å². The predicted octanol–water partition coefficient (Wildman–Crippen LogP) is 5.05. The molecule has 8 heteroatoms. The molecule has 4 aromatic rings. The number of thiazole rings is 1. The Morgan fingerprint density at radius 1 is 1.14 bits per heavy atom. The van der Waals surface area contributed by atoms with Crippen molar-refractivity contribution in [2.45, 2.75) is 13.0 Å². The molecule has 5 rings (SSSR count). The van der Waals surface area contributed by atoms with Crippen LogP contribution in [0.4, 0.5) is 5.13 Å². The van der Waals surface area contributed by atoms with Gasteiger partial charge in [-0.2, -0.15) is 0 Å². The summed E-state index contributed by atoms with van der Waals surface area (Å²) in [4.78, 5) is 19.5. The third kappa shape index (κ3) is 3.66. The molecule has 0 fully saturated rings. The van der Waals surface area contributed by atoms with Crippen LogP contribution < -0.4 is 14.4 Å². The number of carbonyl (C=O) groups excluding carboxylic acids is 1. The summed E-state index contributed by atoms with van der Waals surface area (Å²) in [5.41, 5.74) is 1.64. The maximum atomic E-state index is 13.2. The fraction of sp³-hybridized carbons (Fsp3) is 0.143.